The Balaban J connectivity index is 1.58. The lowest BCUT2D eigenvalue weighted by atomic mass is 9.77. The Morgan fingerprint density at radius 3 is 2.03 bits per heavy atom. The van der Waals surface area contributed by atoms with Gasteiger partial charge in [-0.05, 0) is 86.8 Å². The fourth-order valence-corrected chi connectivity index (χ4v) is 5.30. The van der Waals surface area contributed by atoms with Gasteiger partial charge in [0.1, 0.15) is 11.6 Å². The van der Waals surface area contributed by atoms with Gasteiger partial charge in [-0.15, -0.1) is 0 Å². The molecule has 0 radical (unpaired) electrons. The Kier molecular flexibility index (Phi) is 8.58. The summed E-state index contributed by atoms with van der Waals surface area (Å²) in [5.41, 5.74) is 0.806. The number of hydrogen-bond donors (Lipinski definition) is 0. The first-order valence-electron chi connectivity index (χ1n) is 12.1. The van der Waals surface area contributed by atoms with Gasteiger partial charge in [0.15, 0.2) is 0 Å². The Morgan fingerprint density at radius 1 is 0.828 bits per heavy atom. The van der Waals surface area contributed by atoms with Crippen LogP contribution in [0.15, 0.2) is 12.1 Å². The number of unbranched alkanes of at least 4 members (excludes halogenated alkanes) is 2. The van der Waals surface area contributed by atoms with E-state index in [9.17, 15) is 8.78 Å². The molecule has 2 aliphatic carbocycles. The molecule has 0 spiro atoms. The average molecular weight is 401 g/mol. The molecule has 2 aliphatic rings. The zero-order valence-corrected chi connectivity index (χ0v) is 18.4. The molecule has 2 fully saturated rings. The Labute approximate surface area is 176 Å². The second kappa shape index (κ2) is 11.1. The van der Waals surface area contributed by atoms with Gasteiger partial charge < -0.3 is 0 Å². The van der Waals surface area contributed by atoms with Gasteiger partial charge in [0.25, 0.3) is 0 Å². The van der Waals surface area contributed by atoms with E-state index in [1.807, 2.05) is 0 Å². The van der Waals surface area contributed by atoms with E-state index < -0.39 is 11.6 Å². The molecule has 0 bridgehead atoms. The predicted molar refractivity (Wildman–Crippen MR) is 118 cm³/mol. The highest BCUT2D eigenvalue weighted by Crippen LogP contribution is 2.38. The molecule has 0 amide bonds. The van der Waals surface area contributed by atoms with Crippen LogP contribution >= 0.6 is 0 Å². The Hall–Kier alpha value is -1.36. The molecular weight excluding hydrogens is 362 g/mol. The third-order valence-corrected chi connectivity index (χ3v) is 7.42. The zero-order valence-electron chi connectivity index (χ0n) is 18.4. The third-order valence-electron chi connectivity index (χ3n) is 7.42. The average Bonchev–Trinajstić information content (AvgIpc) is 2.74. The fourth-order valence-electron chi connectivity index (χ4n) is 5.30. The molecule has 29 heavy (non-hydrogen) atoms. The fraction of sp³-hybridized carbons (Fsp3) is 0.704. The molecule has 0 N–H and O–H groups in total. The van der Waals surface area contributed by atoms with E-state index >= 15 is 0 Å². The highest BCUT2D eigenvalue weighted by atomic mass is 19.1. The quantitative estimate of drug-likeness (QED) is 0.332. The van der Waals surface area contributed by atoms with Crippen molar-refractivity contribution >= 4 is 0 Å². The summed E-state index contributed by atoms with van der Waals surface area (Å²) < 4.78 is 29.4. The molecule has 0 unspecified atom stereocenters. The van der Waals surface area contributed by atoms with E-state index in [1.54, 1.807) is 12.1 Å². The molecule has 2 heteroatoms. The van der Waals surface area contributed by atoms with Crippen LogP contribution in [0.2, 0.25) is 0 Å². The van der Waals surface area contributed by atoms with Crippen molar-refractivity contribution in [2.75, 3.05) is 0 Å². The Morgan fingerprint density at radius 2 is 1.45 bits per heavy atom. The summed E-state index contributed by atoms with van der Waals surface area (Å²) in [5, 5.41) is 0. The van der Waals surface area contributed by atoms with Gasteiger partial charge >= 0.3 is 0 Å². The van der Waals surface area contributed by atoms with Crippen LogP contribution in [0.3, 0.4) is 0 Å². The minimum Gasteiger partial charge on any atom is -0.206 e. The van der Waals surface area contributed by atoms with Gasteiger partial charge in [-0.2, -0.15) is 0 Å². The van der Waals surface area contributed by atoms with Crippen molar-refractivity contribution in [1.29, 1.82) is 0 Å². The van der Waals surface area contributed by atoms with Crippen LogP contribution in [-0.4, -0.2) is 0 Å². The van der Waals surface area contributed by atoms with Crippen LogP contribution in [0, 0.1) is 41.2 Å². The largest absolute Gasteiger partial charge is 0.206 e. The predicted octanol–water partition coefficient (Wildman–Crippen LogP) is 8.39. The van der Waals surface area contributed by atoms with E-state index in [4.69, 9.17) is 0 Å². The van der Waals surface area contributed by atoms with E-state index in [-0.39, 0.29) is 5.56 Å². The van der Waals surface area contributed by atoms with Crippen LogP contribution in [-0.2, 0) is 0 Å². The van der Waals surface area contributed by atoms with Gasteiger partial charge in [-0.1, -0.05) is 57.8 Å². The summed E-state index contributed by atoms with van der Waals surface area (Å²) in [6.07, 6.45) is 15.5. The van der Waals surface area contributed by atoms with Crippen molar-refractivity contribution in [2.45, 2.75) is 103 Å². The van der Waals surface area contributed by atoms with E-state index in [2.05, 4.69) is 25.7 Å². The molecule has 1 aromatic carbocycles. The maximum Gasteiger partial charge on any atom is 0.142 e. The maximum atomic E-state index is 14.7. The SMILES string of the molecule is CCCCCC1CCC(c2cc(F)c(C#CC3CCC(CC)CC3)c(F)c2)CC1. The summed E-state index contributed by atoms with van der Waals surface area (Å²) in [7, 11) is 0. The minimum absolute atomic E-state index is 0.0281. The number of benzene rings is 1. The van der Waals surface area contributed by atoms with Crippen LogP contribution in [0.5, 0.6) is 0 Å². The van der Waals surface area contributed by atoms with Crippen LogP contribution in [0.4, 0.5) is 8.78 Å². The summed E-state index contributed by atoms with van der Waals surface area (Å²) >= 11 is 0. The smallest absolute Gasteiger partial charge is 0.142 e. The molecule has 3 rings (SSSR count). The van der Waals surface area contributed by atoms with Gasteiger partial charge in [0.2, 0.25) is 0 Å². The van der Waals surface area contributed by atoms with Crippen LogP contribution in [0.1, 0.15) is 114 Å². The van der Waals surface area contributed by atoms with Gasteiger partial charge in [0, 0.05) is 5.92 Å². The standard InChI is InChI=1S/C27H38F2/c1-3-5-6-7-21-12-15-23(16-13-21)24-18-26(28)25(27(29)19-24)17-14-22-10-8-20(4-2)9-11-22/h18-23H,3-13,15-16H2,1-2H3. The van der Waals surface area contributed by atoms with E-state index in [0.29, 0.717) is 11.8 Å². The van der Waals surface area contributed by atoms with Crippen molar-refractivity contribution in [3.8, 4) is 11.8 Å². The molecule has 0 aromatic heterocycles. The first kappa shape index (κ1) is 22.3. The minimum atomic E-state index is -0.472. The van der Waals surface area contributed by atoms with Crippen molar-refractivity contribution in [2.24, 2.45) is 17.8 Å². The van der Waals surface area contributed by atoms with E-state index in [1.165, 1.54) is 57.8 Å². The maximum absolute atomic E-state index is 14.7. The monoisotopic (exact) mass is 400 g/mol. The molecule has 0 saturated heterocycles. The van der Waals surface area contributed by atoms with Crippen molar-refractivity contribution in [1.82, 2.24) is 0 Å². The topological polar surface area (TPSA) is 0 Å². The second-order valence-corrected chi connectivity index (χ2v) is 9.47. The summed E-state index contributed by atoms with van der Waals surface area (Å²) in [6.45, 7) is 4.48. The van der Waals surface area contributed by atoms with E-state index in [0.717, 1.165) is 43.1 Å². The molecule has 0 atom stereocenters. The molecule has 160 valence electrons. The zero-order chi connectivity index (χ0) is 20.6. The first-order valence-corrected chi connectivity index (χ1v) is 12.1. The third kappa shape index (κ3) is 6.31. The van der Waals surface area contributed by atoms with Crippen LogP contribution in [0.25, 0.3) is 0 Å². The summed E-state index contributed by atoms with van der Waals surface area (Å²) in [5.74, 6) is 7.27. The molecule has 0 nitrogen and oxygen atoms in total. The van der Waals surface area contributed by atoms with Crippen molar-refractivity contribution in [3.05, 3.63) is 34.9 Å². The molecule has 0 heterocycles. The Bertz CT molecular complexity index is 672. The van der Waals surface area contributed by atoms with Gasteiger partial charge in [0.05, 0.1) is 5.56 Å². The lowest BCUT2D eigenvalue weighted by Crippen LogP contribution is -2.14. The second-order valence-electron chi connectivity index (χ2n) is 9.47. The summed E-state index contributed by atoms with van der Waals surface area (Å²) in [6, 6.07) is 3.12. The van der Waals surface area contributed by atoms with Crippen molar-refractivity contribution in [3.63, 3.8) is 0 Å². The normalized spacial score (nSPS) is 27.3. The number of halogens is 2. The molecule has 2 saturated carbocycles. The number of hydrogen-bond acceptors (Lipinski definition) is 0. The highest BCUT2D eigenvalue weighted by Gasteiger charge is 2.24. The molecule has 0 aliphatic heterocycles. The van der Waals surface area contributed by atoms with Crippen molar-refractivity contribution < 1.29 is 8.78 Å². The number of rotatable bonds is 6. The molecular formula is C27H38F2. The summed E-state index contributed by atoms with van der Waals surface area (Å²) in [4.78, 5) is 0. The highest BCUT2D eigenvalue weighted by molar-refractivity contribution is 5.40. The van der Waals surface area contributed by atoms with Gasteiger partial charge in [-0.3, -0.25) is 0 Å². The molecule has 1 aromatic rings. The lowest BCUT2D eigenvalue weighted by molar-refractivity contribution is 0.302. The lowest BCUT2D eigenvalue weighted by Gasteiger charge is -2.29. The first-order chi connectivity index (χ1) is 14.1. The van der Waals surface area contributed by atoms with Gasteiger partial charge in [-0.25, -0.2) is 8.78 Å². The van der Waals surface area contributed by atoms with Crippen LogP contribution < -0.4 is 0 Å².